The van der Waals surface area contributed by atoms with Gasteiger partial charge in [-0.15, -0.1) is 12.4 Å². The van der Waals surface area contributed by atoms with E-state index in [0.29, 0.717) is 12.1 Å². The molecule has 2 aromatic heterocycles. The number of carbonyl (C=O) groups is 1. The number of pyridine rings is 1. The Morgan fingerprint density at radius 3 is 2.76 bits per heavy atom. The molecule has 0 bridgehead atoms. The summed E-state index contributed by atoms with van der Waals surface area (Å²) in [6, 6.07) is 5.16. The van der Waals surface area contributed by atoms with E-state index in [9.17, 15) is 13.2 Å². The molecule has 1 aliphatic rings. The van der Waals surface area contributed by atoms with E-state index in [4.69, 9.17) is 5.73 Å². The molecule has 0 aliphatic heterocycles. The van der Waals surface area contributed by atoms with Crippen LogP contribution in [0.1, 0.15) is 36.2 Å². The van der Waals surface area contributed by atoms with Crippen LogP contribution < -0.4 is 11.1 Å². The summed E-state index contributed by atoms with van der Waals surface area (Å²) in [5, 5.41) is 2.88. The molecule has 2 unspecified atom stereocenters. The van der Waals surface area contributed by atoms with Gasteiger partial charge in [-0.05, 0) is 37.4 Å². The zero-order chi connectivity index (χ0) is 17.3. The second-order valence-electron chi connectivity index (χ2n) is 6.33. The van der Waals surface area contributed by atoms with E-state index in [2.05, 4.69) is 10.3 Å². The molecule has 0 aromatic carbocycles. The third-order valence-corrected chi connectivity index (χ3v) is 5.54. The number of nitrogens with one attached hydrogen (secondary N) is 1. The Kier molecular flexibility index (Phi) is 6.08. The quantitative estimate of drug-likeness (QED) is 0.826. The lowest BCUT2D eigenvalue weighted by Gasteiger charge is -2.31. The van der Waals surface area contributed by atoms with Crippen molar-refractivity contribution in [3.63, 3.8) is 0 Å². The van der Waals surface area contributed by atoms with Crippen molar-refractivity contribution in [3.05, 3.63) is 30.1 Å². The molecule has 0 spiro atoms. The first-order chi connectivity index (χ1) is 11.4. The van der Waals surface area contributed by atoms with Crippen LogP contribution in [0.25, 0.3) is 5.52 Å². The number of aromatic nitrogens is 2. The first kappa shape index (κ1) is 19.7. The van der Waals surface area contributed by atoms with Crippen LogP contribution in [0.15, 0.2) is 29.6 Å². The molecule has 1 fully saturated rings. The zero-order valence-electron chi connectivity index (χ0n) is 14.0. The van der Waals surface area contributed by atoms with Crippen molar-refractivity contribution in [2.24, 2.45) is 11.7 Å². The van der Waals surface area contributed by atoms with Gasteiger partial charge in [0.2, 0.25) is 15.0 Å². The number of fused-ring (bicyclic) bond motifs is 1. The van der Waals surface area contributed by atoms with E-state index < -0.39 is 9.84 Å². The fraction of sp³-hybridized carbons (Fsp3) is 0.500. The van der Waals surface area contributed by atoms with Crippen molar-refractivity contribution >= 4 is 33.7 Å². The highest BCUT2D eigenvalue weighted by Crippen LogP contribution is 2.24. The van der Waals surface area contributed by atoms with Gasteiger partial charge >= 0.3 is 0 Å². The van der Waals surface area contributed by atoms with E-state index in [1.54, 1.807) is 24.4 Å². The molecule has 1 saturated carbocycles. The van der Waals surface area contributed by atoms with Gasteiger partial charge in [-0.1, -0.05) is 18.9 Å². The molecule has 25 heavy (non-hydrogen) atoms. The number of halogens is 1. The summed E-state index contributed by atoms with van der Waals surface area (Å²) in [7, 11) is -3.54. The Bertz CT molecular complexity index is 865. The Labute approximate surface area is 153 Å². The van der Waals surface area contributed by atoms with Crippen molar-refractivity contribution in [2.45, 2.75) is 36.9 Å². The molecule has 2 aromatic rings. The SMILES string of the molecule is CS(=O)(=O)c1nc(C(=O)NC2CCCCC2CN)c2ccccn12.Cl. The van der Waals surface area contributed by atoms with Crippen LogP contribution in [0.2, 0.25) is 0 Å². The third kappa shape index (κ3) is 3.96. The molecule has 7 nitrogen and oxygen atoms in total. The molecule has 0 radical (unpaired) electrons. The molecule has 1 aliphatic carbocycles. The number of amides is 1. The van der Waals surface area contributed by atoms with Crippen LogP contribution in [0.5, 0.6) is 0 Å². The van der Waals surface area contributed by atoms with Gasteiger partial charge in [-0.25, -0.2) is 13.4 Å². The van der Waals surface area contributed by atoms with Crippen LogP contribution in [-0.2, 0) is 9.84 Å². The minimum absolute atomic E-state index is 0. The summed E-state index contributed by atoms with van der Waals surface area (Å²) >= 11 is 0. The fourth-order valence-corrected chi connectivity index (χ4v) is 4.13. The maximum absolute atomic E-state index is 12.7. The standard InChI is InChI=1S/C16H22N4O3S.ClH/c1-24(22,23)16-19-14(13-8-4-5-9-20(13)16)15(21)18-12-7-3-2-6-11(12)10-17;/h4-5,8-9,11-12H,2-3,6-7,10,17H2,1H3,(H,18,21);1H. The van der Waals surface area contributed by atoms with Crippen molar-refractivity contribution in [3.8, 4) is 0 Å². The van der Waals surface area contributed by atoms with Crippen LogP contribution >= 0.6 is 12.4 Å². The second kappa shape index (κ2) is 7.72. The third-order valence-electron chi connectivity index (χ3n) is 4.59. The minimum atomic E-state index is -3.54. The first-order valence-electron chi connectivity index (χ1n) is 8.10. The summed E-state index contributed by atoms with van der Waals surface area (Å²) in [5.41, 5.74) is 6.43. The van der Waals surface area contributed by atoms with Crippen molar-refractivity contribution in [1.29, 1.82) is 0 Å². The maximum atomic E-state index is 12.7. The molecular formula is C16H23ClN4O3S. The lowest BCUT2D eigenvalue weighted by Crippen LogP contribution is -2.44. The molecule has 3 N–H and O–H groups in total. The number of hydrogen-bond acceptors (Lipinski definition) is 5. The number of sulfone groups is 1. The van der Waals surface area contributed by atoms with Crippen LogP contribution in [0, 0.1) is 5.92 Å². The topological polar surface area (TPSA) is 107 Å². The normalized spacial score (nSPS) is 20.9. The molecule has 0 saturated heterocycles. The lowest BCUT2D eigenvalue weighted by atomic mass is 9.84. The van der Waals surface area contributed by atoms with Crippen molar-refractivity contribution in [2.75, 3.05) is 12.8 Å². The van der Waals surface area contributed by atoms with Gasteiger partial charge in [-0.3, -0.25) is 9.20 Å². The highest BCUT2D eigenvalue weighted by Gasteiger charge is 2.28. The van der Waals surface area contributed by atoms with Crippen LogP contribution in [-0.4, -0.2) is 42.6 Å². The lowest BCUT2D eigenvalue weighted by molar-refractivity contribution is 0.0905. The van der Waals surface area contributed by atoms with E-state index >= 15 is 0 Å². The van der Waals surface area contributed by atoms with E-state index in [1.165, 1.54) is 4.40 Å². The van der Waals surface area contributed by atoms with E-state index in [1.807, 2.05) is 0 Å². The molecular weight excluding hydrogens is 364 g/mol. The van der Waals surface area contributed by atoms with E-state index in [0.717, 1.165) is 31.9 Å². The van der Waals surface area contributed by atoms with Crippen LogP contribution in [0.4, 0.5) is 0 Å². The smallest absolute Gasteiger partial charge is 0.272 e. The summed E-state index contributed by atoms with van der Waals surface area (Å²) in [4.78, 5) is 16.8. The summed E-state index contributed by atoms with van der Waals surface area (Å²) in [5.74, 6) is -0.0927. The Morgan fingerprint density at radius 2 is 2.08 bits per heavy atom. The van der Waals surface area contributed by atoms with Gasteiger partial charge in [0.05, 0.1) is 5.52 Å². The summed E-state index contributed by atoms with van der Waals surface area (Å²) < 4.78 is 25.3. The van der Waals surface area contributed by atoms with Gasteiger partial charge < -0.3 is 11.1 Å². The molecule has 3 rings (SSSR count). The van der Waals surface area contributed by atoms with E-state index in [-0.39, 0.29) is 41.1 Å². The molecule has 138 valence electrons. The van der Waals surface area contributed by atoms with Crippen molar-refractivity contribution in [1.82, 2.24) is 14.7 Å². The molecule has 9 heteroatoms. The largest absolute Gasteiger partial charge is 0.348 e. The number of carbonyl (C=O) groups excluding carboxylic acids is 1. The predicted molar refractivity (Wildman–Crippen MR) is 97.8 cm³/mol. The highest BCUT2D eigenvalue weighted by atomic mass is 35.5. The maximum Gasteiger partial charge on any atom is 0.272 e. The number of rotatable bonds is 4. The molecule has 2 atom stereocenters. The monoisotopic (exact) mass is 386 g/mol. The van der Waals surface area contributed by atoms with Gasteiger partial charge in [0.1, 0.15) is 0 Å². The Hall–Kier alpha value is -1.64. The van der Waals surface area contributed by atoms with Gasteiger partial charge in [0.15, 0.2) is 5.69 Å². The van der Waals surface area contributed by atoms with Crippen LogP contribution in [0.3, 0.4) is 0 Å². The Morgan fingerprint density at radius 1 is 1.36 bits per heavy atom. The number of imidazole rings is 1. The fourth-order valence-electron chi connectivity index (χ4n) is 3.35. The molecule has 1 amide bonds. The highest BCUT2D eigenvalue weighted by molar-refractivity contribution is 7.90. The predicted octanol–water partition coefficient (Wildman–Crippen LogP) is 1.41. The Balaban J connectivity index is 0.00000225. The van der Waals surface area contributed by atoms with Gasteiger partial charge in [-0.2, -0.15) is 0 Å². The molecule has 2 heterocycles. The van der Waals surface area contributed by atoms with Gasteiger partial charge in [0.25, 0.3) is 5.91 Å². The number of nitrogens with two attached hydrogens (primary N) is 1. The first-order valence-corrected chi connectivity index (χ1v) is 9.99. The second-order valence-corrected chi connectivity index (χ2v) is 8.24. The van der Waals surface area contributed by atoms with Crippen molar-refractivity contribution < 1.29 is 13.2 Å². The average Bonchev–Trinajstić information content (AvgIpc) is 2.95. The minimum Gasteiger partial charge on any atom is -0.348 e. The number of nitrogens with zero attached hydrogens (tertiary/aromatic N) is 2. The summed E-state index contributed by atoms with van der Waals surface area (Å²) in [6.45, 7) is 0.531. The average molecular weight is 387 g/mol. The summed E-state index contributed by atoms with van der Waals surface area (Å²) in [6.07, 6.45) is 6.75. The number of hydrogen-bond donors (Lipinski definition) is 2. The van der Waals surface area contributed by atoms with Gasteiger partial charge in [0, 0.05) is 18.5 Å². The zero-order valence-corrected chi connectivity index (χ0v) is 15.6.